The Labute approximate surface area is 153 Å². The largest absolute Gasteiger partial charge is 0.489 e. The Hall–Kier alpha value is -3.08. The molecule has 1 heterocycles. The van der Waals surface area contributed by atoms with Gasteiger partial charge in [0.05, 0.1) is 6.54 Å². The van der Waals surface area contributed by atoms with Crippen LogP contribution in [-0.4, -0.2) is 18.4 Å². The zero-order chi connectivity index (χ0) is 18.7. The minimum Gasteiger partial charge on any atom is -0.489 e. The number of fused-ring (bicyclic) bond motifs is 1. The third kappa shape index (κ3) is 3.47. The number of carbonyl (C=O) groups is 2. The molecule has 0 radical (unpaired) electrons. The van der Waals surface area contributed by atoms with Crippen molar-refractivity contribution >= 4 is 17.5 Å². The predicted octanol–water partition coefficient (Wildman–Crippen LogP) is 3.28. The third-order valence-electron chi connectivity index (χ3n) is 4.30. The summed E-state index contributed by atoms with van der Waals surface area (Å²) in [6, 6.07) is 12.8. The van der Waals surface area contributed by atoms with Crippen LogP contribution >= 0.6 is 0 Å². The molecule has 0 fully saturated rings. The van der Waals surface area contributed by atoms with E-state index in [2.05, 4.69) is 11.9 Å². The molecule has 1 aliphatic heterocycles. The molecular formula is C21H22N2O3. The van der Waals surface area contributed by atoms with Crippen LogP contribution in [0.5, 0.6) is 5.75 Å². The van der Waals surface area contributed by atoms with Gasteiger partial charge in [-0.15, -0.1) is 0 Å². The van der Waals surface area contributed by atoms with Gasteiger partial charge >= 0.3 is 0 Å². The summed E-state index contributed by atoms with van der Waals surface area (Å²) in [6.45, 7) is 7.83. The maximum absolute atomic E-state index is 13.0. The van der Waals surface area contributed by atoms with E-state index in [0.29, 0.717) is 13.2 Å². The standard InChI is InChI=1S/C21H22N2O3/c1-4-11-26-19-8-6-5-7-16(19)13-23-18-10-9-14(2)12-17(18)20(21(23)25)22-15(3)24/h4-10,12,20H,1,11,13H2,2-3H3,(H,22,24)/t20-/m1/s1. The van der Waals surface area contributed by atoms with Gasteiger partial charge in [-0.1, -0.05) is 48.6 Å². The fourth-order valence-electron chi connectivity index (χ4n) is 3.16. The van der Waals surface area contributed by atoms with Crippen LogP contribution in [0.15, 0.2) is 55.1 Å². The SMILES string of the molecule is C=CCOc1ccccc1CN1C(=O)[C@H](NC(C)=O)c2cc(C)ccc21. The maximum atomic E-state index is 13.0. The number of anilines is 1. The summed E-state index contributed by atoms with van der Waals surface area (Å²) in [5.41, 5.74) is 3.59. The normalized spacial score (nSPS) is 15.5. The van der Waals surface area contributed by atoms with Crippen LogP contribution in [0.25, 0.3) is 0 Å². The van der Waals surface area contributed by atoms with E-state index in [9.17, 15) is 9.59 Å². The molecule has 2 amide bonds. The molecule has 1 N–H and O–H groups in total. The number of rotatable bonds is 6. The number of hydrogen-bond acceptors (Lipinski definition) is 3. The highest BCUT2D eigenvalue weighted by Gasteiger charge is 2.38. The summed E-state index contributed by atoms with van der Waals surface area (Å²) >= 11 is 0. The molecule has 134 valence electrons. The lowest BCUT2D eigenvalue weighted by molar-refractivity contribution is -0.126. The molecule has 0 saturated heterocycles. The highest BCUT2D eigenvalue weighted by atomic mass is 16.5. The number of nitrogens with one attached hydrogen (secondary N) is 1. The number of amides is 2. The zero-order valence-corrected chi connectivity index (χ0v) is 15.0. The van der Waals surface area contributed by atoms with E-state index in [1.165, 1.54) is 6.92 Å². The number of ether oxygens (including phenoxy) is 1. The molecule has 0 spiro atoms. The van der Waals surface area contributed by atoms with Crippen molar-refractivity contribution in [2.45, 2.75) is 26.4 Å². The number of hydrogen-bond donors (Lipinski definition) is 1. The van der Waals surface area contributed by atoms with Crippen molar-refractivity contribution in [3.8, 4) is 5.75 Å². The first kappa shape index (κ1) is 17.7. The molecular weight excluding hydrogens is 328 g/mol. The molecule has 3 rings (SSSR count). The van der Waals surface area contributed by atoms with Gasteiger partial charge in [0.2, 0.25) is 5.91 Å². The number of aryl methyl sites for hydroxylation is 1. The average molecular weight is 350 g/mol. The topological polar surface area (TPSA) is 58.6 Å². The van der Waals surface area contributed by atoms with Crippen LogP contribution in [0.2, 0.25) is 0 Å². The second-order valence-corrected chi connectivity index (χ2v) is 6.33. The molecule has 1 aliphatic rings. The van der Waals surface area contributed by atoms with Crippen molar-refractivity contribution < 1.29 is 14.3 Å². The van der Waals surface area contributed by atoms with Gasteiger partial charge in [-0.05, 0) is 19.1 Å². The van der Waals surface area contributed by atoms with E-state index in [-0.39, 0.29) is 11.8 Å². The quantitative estimate of drug-likeness (QED) is 0.814. The first-order valence-corrected chi connectivity index (χ1v) is 8.52. The smallest absolute Gasteiger partial charge is 0.254 e. The van der Waals surface area contributed by atoms with E-state index in [0.717, 1.165) is 28.1 Å². The van der Waals surface area contributed by atoms with Crippen molar-refractivity contribution in [2.75, 3.05) is 11.5 Å². The Kier molecular flexibility index (Phi) is 5.07. The van der Waals surface area contributed by atoms with Gasteiger partial charge in [-0.2, -0.15) is 0 Å². The summed E-state index contributed by atoms with van der Waals surface area (Å²) in [5.74, 6) is 0.350. The first-order chi connectivity index (χ1) is 12.5. The van der Waals surface area contributed by atoms with Crippen LogP contribution in [0.4, 0.5) is 5.69 Å². The summed E-state index contributed by atoms with van der Waals surface area (Å²) in [5, 5.41) is 2.76. The van der Waals surface area contributed by atoms with Gasteiger partial charge < -0.3 is 15.0 Å². The second-order valence-electron chi connectivity index (χ2n) is 6.33. The van der Waals surface area contributed by atoms with Crippen LogP contribution in [-0.2, 0) is 16.1 Å². The Balaban J connectivity index is 1.95. The number of benzene rings is 2. The van der Waals surface area contributed by atoms with Gasteiger partial charge in [0.1, 0.15) is 18.4 Å². The van der Waals surface area contributed by atoms with Crippen molar-refractivity contribution in [3.05, 3.63) is 71.8 Å². The zero-order valence-electron chi connectivity index (χ0n) is 15.0. The van der Waals surface area contributed by atoms with E-state index in [4.69, 9.17) is 4.74 Å². The number of nitrogens with zero attached hydrogens (tertiary/aromatic N) is 1. The summed E-state index contributed by atoms with van der Waals surface area (Å²) in [6.07, 6.45) is 1.68. The summed E-state index contributed by atoms with van der Waals surface area (Å²) < 4.78 is 5.70. The molecule has 0 unspecified atom stereocenters. The fraction of sp³-hybridized carbons (Fsp3) is 0.238. The van der Waals surface area contributed by atoms with Crippen molar-refractivity contribution in [3.63, 3.8) is 0 Å². The molecule has 1 atom stereocenters. The van der Waals surface area contributed by atoms with Crippen molar-refractivity contribution in [1.29, 1.82) is 0 Å². The van der Waals surface area contributed by atoms with Crippen molar-refractivity contribution in [1.82, 2.24) is 5.32 Å². The molecule has 2 aromatic rings. The summed E-state index contributed by atoms with van der Waals surface area (Å²) in [7, 11) is 0. The van der Waals surface area contributed by atoms with E-state index in [1.54, 1.807) is 11.0 Å². The van der Waals surface area contributed by atoms with Crippen molar-refractivity contribution in [2.24, 2.45) is 0 Å². The molecule has 0 aromatic heterocycles. The van der Waals surface area contributed by atoms with Gasteiger partial charge in [0.15, 0.2) is 0 Å². The minimum absolute atomic E-state index is 0.140. The van der Waals surface area contributed by atoms with E-state index in [1.807, 2.05) is 49.4 Å². The highest BCUT2D eigenvalue weighted by molar-refractivity contribution is 6.06. The lowest BCUT2D eigenvalue weighted by Gasteiger charge is -2.20. The van der Waals surface area contributed by atoms with Gasteiger partial charge in [-0.3, -0.25) is 9.59 Å². The van der Waals surface area contributed by atoms with Crippen LogP contribution in [0.1, 0.15) is 29.7 Å². The van der Waals surface area contributed by atoms with Crippen LogP contribution in [0.3, 0.4) is 0 Å². The van der Waals surface area contributed by atoms with E-state index < -0.39 is 6.04 Å². The highest BCUT2D eigenvalue weighted by Crippen LogP contribution is 2.38. The lowest BCUT2D eigenvalue weighted by Crippen LogP contribution is -2.36. The monoisotopic (exact) mass is 350 g/mol. The lowest BCUT2D eigenvalue weighted by atomic mass is 10.1. The van der Waals surface area contributed by atoms with Crippen LogP contribution < -0.4 is 15.0 Å². The third-order valence-corrected chi connectivity index (χ3v) is 4.30. The molecule has 5 heteroatoms. The van der Waals surface area contributed by atoms with Gasteiger partial charge in [-0.25, -0.2) is 0 Å². The Morgan fingerprint density at radius 2 is 2.08 bits per heavy atom. The first-order valence-electron chi connectivity index (χ1n) is 8.52. The number of para-hydroxylation sites is 1. The van der Waals surface area contributed by atoms with Gasteiger partial charge in [0, 0.05) is 23.7 Å². The molecule has 0 bridgehead atoms. The Morgan fingerprint density at radius 1 is 1.31 bits per heavy atom. The molecule has 5 nitrogen and oxygen atoms in total. The van der Waals surface area contributed by atoms with Crippen LogP contribution in [0, 0.1) is 6.92 Å². The average Bonchev–Trinajstić information content (AvgIpc) is 2.86. The fourth-order valence-corrected chi connectivity index (χ4v) is 3.16. The van der Waals surface area contributed by atoms with E-state index >= 15 is 0 Å². The minimum atomic E-state index is -0.649. The maximum Gasteiger partial charge on any atom is 0.254 e. The second kappa shape index (κ2) is 7.44. The molecule has 0 aliphatic carbocycles. The Bertz CT molecular complexity index is 860. The summed E-state index contributed by atoms with van der Waals surface area (Å²) in [4.78, 5) is 26.3. The van der Waals surface area contributed by atoms with Gasteiger partial charge in [0.25, 0.3) is 5.91 Å². The molecule has 2 aromatic carbocycles. The predicted molar refractivity (Wildman–Crippen MR) is 101 cm³/mol. The molecule has 0 saturated carbocycles. The number of carbonyl (C=O) groups excluding carboxylic acids is 2. The molecule has 26 heavy (non-hydrogen) atoms. The Morgan fingerprint density at radius 3 is 2.81 bits per heavy atom.